The molecule has 1 aromatic rings. The largest absolute Gasteiger partial charge is 0.321 e. The lowest BCUT2D eigenvalue weighted by Crippen LogP contribution is -2.40. The molecule has 0 aromatic heterocycles. The van der Waals surface area contributed by atoms with Gasteiger partial charge in [-0.05, 0) is 25.0 Å². The van der Waals surface area contributed by atoms with E-state index < -0.39 is 17.2 Å². The molecule has 1 rings (SSSR count). The van der Waals surface area contributed by atoms with Gasteiger partial charge in [-0.1, -0.05) is 19.9 Å². The molecule has 78 valence electrons. The molecule has 2 N–H and O–H groups in total. The molecule has 0 saturated heterocycles. The van der Waals surface area contributed by atoms with E-state index >= 15 is 0 Å². The van der Waals surface area contributed by atoms with Crippen LogP contribution in [0.1, 0.15) is 26.3 Å². The number of hydrogen-bond donors (Lipinski definition) is 1. The maximum atomic E-state index is 13.4. The predicted molar refractivity (Wildman–Crippen MR) is 52.7 cm³/mol. The third kappa shape index (κ3) is 1.77. The minimum absolute atomic E-state index is 0.0324. The lowest BCUT2D eigenvalue weighted by Gasteiger charge is -2.30. The first kappa shape index (κ1) is 11.1. The summed E-state index contributed by atoms with van der Waals surface area (Å²) in [7, 11) is 0. The summed E-state index contributed by atoms with van der Waals surface area (Å²) in [5, 5.41) is 0. The van der Waals surface area contributed by atoms with Gasteiger partial charge in [-0.25, -0.2) is 8.78 Å². The van der Waals surface area contributed by atoms with Crippen molar-refractivity contribution in [2.24, 2.45) is 11.7 Å². The van der Waals surface area contributed by atoms with Gasteiger partial charge in [0.1, 0.15) is 11.6 Å². The Hall–Kier alpha value is -0.960. The fraction of sp³-hybridized carbons (Fsp3) is 0.455. The first-order valence-corrected chi connectivity index (χ1v) is 4.60. The monoisotopic (exact) mass is 199 g/mol. The van der Waals surface area contributed by atoms with Crippen molar-refractivity contribution >= 4 is 0 Å². The van der Waals surface area contributed by atoms with Crippen LogP contribution in [-0.4, -0.2) is 0 Å². The summed E-state index contributed by atoms with van der Waals surface area (Å²) in [5.74, 6) is -1.19. The molecule has 0 aliphatic heterocycles. The fourth-order valence-corrected chi connectivity index (χ4v) is 1.30. The van der Waals surface area contributed by atoms with Crippen LogP contribution >= 0.6 is 0 Å². The number of benzene rings is 1. The van der Waals surface area contributed by atoms with Crippen LogP contribution in [0.25, 0.3) is 0 Å². The molecule has 0 spiro atoms. The molecule has 14 heavy (non-hydrogen) atoms. The average Bonchev–Trinajstić information content (AvgIpc) is 2.02. The highest BCUT2D eigenvalue weighted by Gasteiger charge is 2.31. The quantitative estimate of drug-likeness (QED) is 0.778. The van der Waals surface area contributed by atoms with Crippen molar-refractivity contribution in [2.75, 3.05) is 0 Å². The van der Waals surface area contributed by atoms with Crippen molar-refractivity contribution in [3.63, 3.8) is 0 Å². The van der Waals surface area contributed by atoms with Gasteiger partial charge in [0.2, 0.25) is 0 Å². The molecule has 0 radical (unpaired) electrons. The maximum absolute atomic E-state index is 13.4. The first-order valence-electron chi connectivity index (χ1n) is 4.60. The topological polar surface area (TPSA) is 26.0 Å². The van der Waals surface area contributed by atoms with Crippen LogP contribution in [0.4, 0.5) is 8.78 Å². The summed E-state index contributed by atoms with van der Waals surface area (Å²) in [4.78, 5) is 0. The fourth-order valence-electron chi connectivity index (χ4n) is 1.30. The van der Waals surface area contributed by atoms with E-state index in [1.807, 2.05) is 13.8 Å². The third-order valence-electron chi connectivity index (χ3n) is 2.70. The zero-order valence-electron chi connectivity index (χ0n) is 8.64. The van der Waals surface area contributed by atoms with Crippen molar-refractivity contribution in [1.29, 1.82) is 0 Å². The molecule has 0 aliphatic rings. The second kappa shape index (κ2) is 3.65. The Morgan fingerprint density at radius 1 is 1.21 bits per heavy atom. The van der Waals surface area contributed by atoms with Crippen molar-refractivity contribution in [3.8, 4) is 0 Å². The molecule has 0 aliphatic carbocycles. The molecule has 0 bridgehead atoms. The van der Waals surface area contributed by atoms with E-state index in [9.17, 15) is 8.78 Å². The Kier molecular flexibility index (Phi) is 2.90. The first-order chi connectivity index (χ1) is 6.37. The molecule has 0 saturated carbocycles. The summed E-state index contributed by atoms with van der Waals surface area (Å²) < 4.78 is 26.8. The molecular weight excluding hydrogens is 184 g/mol. The van der Waals surface area contributed by atoms with Crippen LogP contribution in [0, 0.1) is 17.6 Å². The minimum Gasteiger partial charge on any atom is -0.321 e. The molecule has 0 unspecified atom stereocenters. The molecule has 0 amide bonds. The van der Waals surface area contributed by atoms with Gasteiger partial charge in [-0.3, -0.25) is 0 Å². The summed E-state index contributed by atoms with van der Waals surface area (Å²) in [6.07, 6.45) is 0. The molecular formula is C11H15F2N. The van der Waals surface area contributed by atoms with Crippen LogP contribution in [0.3, 0.4) is 0 Å². The van der Waals surface area contributed by atoms with Gasteiger partial charge in [0.25, 0.3) is 0 Å². The van der Waals surface area contributed by atoms with E-state index in [1.165, 1.54) is 18.2 Å². The summed E-state index contributed by atoms with van der Waals surface area (Å²) >= 11 is 0. The zero-order chi connectivity index (χ0) is 10.9. The number of halogens is 2. The molecule has 3 heteroatoms. The van der Waals surface area contributed by atoms with Gasteiger partial charge in [-0.15, -0.1) is 0 Å². The van der Waals surface area contributed by atoms with Gasteiger partial charge in [0.05, 0.1) is 0 Å². The Balaban J connectivity index is 3.31. The second-order valence-electron chi connectivity index (χ2n) is 4.03. The standard InChI is InChI=1S/C11H15F2N/c1-7(2)11(3,14)10-8(12)5-4-6-9(10)13/h4-7H,14H2,1-3H3/t11-/m1/s1. The van der Waals surface area contributed by atoms with E-state index in [0.29, 0.717) is 0 Å². The average molecular weight is 199 g/mol. The second-order valence-corrected chi connectivity index (χ2v) is 4.03. The third-order valence-corrected chi connectivity index (χ3v) is 2.70. The van der Waals surface area contributed by atoms with Crippen molar-refractivity contribution in [1.82, 2.24) is 0 Å². The molecule has 0 fully saturated rings. The van der Waals surface area contributed by atoms with Crippen LogP contribution < -0.4 is 5.73 Å². The van der Waals surface area contributed by atoms with E-state index in [0.717, 1.165) is 0 Å². The lowest BCUT2D eigenvalue weighted by atomic mass is 9.82. The smallest absolute Gasteiger partial charge is 0.131 e. The van der Waals surface area contributed by atoms with Crippen LogP contribution in [0.2, 0.25) is 0 Å². The molecule has 1 aromatic carbocycles. The number of hydrogen-bond acceptors (Lipinski definition) is 1. The van der Waals surface area contributed by atoms with E-state index in [1.54, 1.807) is 6.92 Å². The van der Waals surface area contributed by atoms with E-state index in [4.69, 9.17) is 5.73 Å². The van der Waals surface area contributed by atoms with Gasteiger partial charge >= 0.3 is 0 Å². The zero-order valence-corrected chi connectivity index (χ0v) is 8.64. The summed E-state index contributed by atoms with van der Waals surface area (Å²) in [5.41, 5.74) is 4.89. The number of rotatable bonds is 2. The van der Waals surface area contributed by atoms with Crippen molar-refractivity contribution < 1.29 is 8.78 Å². The Morgan fingerprint density at radius 3 is 2.00 bits per heavy atom. The molecule has 1 nitrogen and oxygen atoms in total. The van der Waals surface area contributed by atoms with Gasteiger partial charge in [0, 0.05) is 11.1 Å². The van der Waals surface area contributed by atoms with Gasteiger partial charge < -0.3 is 5.73 Å². The highest BCUT2D eigenvalue weighted by Crippen LogP contribution is 2.30. The van der Waals surface area contributed by atoms with E-state index in [-0.39, 0.29) is 11.5 Å². The highest BCUT2D eigenvalue weighted by molar-refractivity contribution is 5.27. The normalized spacial score (nSPS) is 15.6. The Morgan fingerprint density at radius 2 is 1.64 bits per heavy atom. The van der Waals surface area contributed by atoms with Gasteiger partial charge in [0.15, 0.2) is 0 Å². The highest BCUT2D eigenvalue weighted by atomic mass is 19.1. The minimum atomic E-state index is -0.977. The SMILES string of the molecule is CC(C)[C@@](C)(N)c1c(F)cccc1F. The lowest BCUT2D eigenvalue weighted by molar-refractivity contribution is 0.322. The van der Waals surface area contributed by atoms with Crippen molar-refractivity contribution in [2.45, 2.75) is 26.3 Å². The van der Waals surface area contributed by atoms with Crippen LogP contribution in [-0.2, 0) is 5.54 Å². The predicted octanol–water partition coefficient (Wildman–Crippen LogP) is 2.79. The van der Waals surface area contributed by atoms with Crippen molar-refractivity contribution in [3.05, 3.63) is 35.4 Å². The molecule has 1 atom stereocenters. The van der Waals surface area contributed by atoms with Crippen LogP contribution in [0.5, 0.6) is 0 Å². The number of nitrogens with two attached hydrogens (primary N) is 1. The summed E-state index contributed by atoms with van der Waals surface area (Å²) in [6, 6.07) is 3.79. The molecule has 0 heterocycles. The Labute approximate surface area is 82.9 Å². The Bertz CT molecular complexity index is 312. The summed E-state index contributed by atoms with van der Waals surface area (Å²) in [6.45, 7) is 5.32. The van der Waals surface area contributed by atoms with Crippen LogP contribution in [0.15, 0.2) is 18.2 Å². The van der Waals surface area contributed by atoms with Gasteiger partial charge in [-0.2, -0.15) is 0 Å². The van der Waals surface area contributed by atoms with E-state index in [2.05, 4.69) is 0 Å². The maximum Gasteiger partial charge on any atom is 0.131 e.